The minimum absolute atomic E-state index is 0.172. The number of carbonyl (C=O) groups is 1. The van der Waals surface area contributed by atoms with Gasteiger partial charge in [0, 0.05) is 5.92 Å². The first kappa shape index (κ1) is 24.5. The van der Waals surface area contributed by atoms with Crippen molar-refractivity contribution >= 4 is 29.0 Å². The van der Waals surface area contributed by atoms with E-state index in [0.717, 1.165) is 12.8 Å². The number of Topliss-reactive ketones (excluding diaryl/α,β-unsaturated/α-hetero) is 1. The van der Waals surface area contributed by atoms with Gasteiger partial charge in [0.25, 0.3) is 0 Å². The van der Waals surface area contributed by atoms with Crippen molar-refractivity contribution < 1.29 is 9.53 Å². The van der Waals surface area contributed by atoms with E-state index in [4.69, 9.17) is 27.9 Å². The summed E-state index contributed by atoms with van der Waals surface area (Å²) < 4.78 is 4.89. The van der Waals surface area contributed by atoms with Gasteiger partial charge in [0.2, 0.25) is 5.78 Å². The standard InChI is InChI=1S/C24H40Cl2O2/c1-4-7-9-11-13-18-17-21-19(14-12-10-8-5-2)16-20(18)22(28-21)23(27)24(25,26)15-6-3/h18-21H,3-17H2,1-2H3. The van der Waals surface area contributed by atoms with Gasteiger partial charge in [-0.05, 0) is 50.4 Å². The summed E-state index contributed by atoms with van der Waals surface area (Å²) >= 11 is 12.8. The molecule has 4 unspecified atom stereocenters. The monoisotopic (exact) mass is 430 g/mol. The second kappa shape index (κ2) is 12.2. The molecule has 0 spiro atoms. The van der Waals surface area contributed by atoms with Crippen molar-refractivity contribution in [2.24, 2.45) is 17.8 Å². The van der Waals surface area contributed by atoms with Gasteiger partial charge in [-0.3, -0.25) is 4.79 Å². The third-order valence-electron chi connectivity index (χ3n) is 6.71. The number of hydrogen-bond donors (Lipinski definition) is 0. The highest BCUT2D eigenvalue weighted by Gasteiger charge is 2.54. The number of carbonyl (C=O) groups excluding carboxylic acids is 1. The minimum atomic E-state index is -1.39. The zero-order valence-corrected chi connectivity index (χ0v) is 19.5. The molecule has 4 heteroatoms. The van der Waals surface area contributed by atoms with Gasteiger partial charge in [0.15, 0.2) is 10.4 Å². The zero-order valence-electron chi connectivity index (χ0n) is 18.0. The van der Waals surface area contributed by atoms with Crippen molar-refractivity contribution in [2.75, 3.05) is 0 Å². The summed E-state index contributed by atoms with van der Waals surface area (Å²) in [6.07, 6.45) is 16.5. The normalized spacial score (nSPS) is 28.0. The average molecular weight is 431 g/mol. The van der Waals surface area contributed by atoms with Crippen LogP contribution in [0.4, 0.5) is 0 Å². The van der Waals surface area contributed by atoms with Gasteiger partial charge in [-0.25, -0.2) is 0 Å². The topological polar surface area (TPSA) is 26.3 Å². The number of rotatable bonds is 14. The fraction of sp³-hybridized carbons (Fsp3) is 0.875. The molecule has 2 heterocycles. The molecule has 3 aliphatic rings. The van der Waals surface area contributed by atoms with Crippen LogP contribution in [0.15, 0.2) is 0 Å². The highest BCUT2D eigenvalue weighted by Crippen LogP contribution is 2.53. The third kappa shape index (κ3) is 6.61. The molecule has 162 valence electrons. The van der Waals surface area contributed by atoms with E-state index in [2.05, 4.69) is 20.8 Å². The Bertz CT molecular complexity index is 466. The Labute approximate surface area is 183 Å². The Balaban J connectivity index is 2.01. The van der Waals surface area contributed by atoms with E-state index < -0.39 is 4.33 Å². The number of ketones is 1. The van der Waals surface area contributed by atoms with Crippen molar-refractivity contribution in [1.82, 2.24) is 0 Å². The molecule has 0 N–H and O–H groups in total. The van der Waals surface area contributed by atoms with Crippen molar-refractivity contribution in [1.29, 1.82) is 0 Å². The van der Waals surface area contributed by atoms with Crippen molar-refractivity contribution in [3.63, 3.8) is 0 Å². The summed E-state index contributed by atoms with van der Waals surface area (Å²) in [6, 6.07) is 0. The van der Waals surface area contributed by atoms with E-state index >= 15 is 0 Å². The van der Waals surface area contributed by atoms with Crippen molar-refractivity contribution in [3.8, 4) is 0 Å². The summed E-state index contributed by atoms with van der Waals surface area (Å²) in [6.45, 7) is 8.30. The number of alkyl halides is 2. The highest BCUT2D eigenvalue weighted by atomic mass is 35.5. The first-order chi connectivity index (χ1) is 13.4. The van der Waals surface area contributed by atoms with Crippen LogP contribution in [0.2, 0.25) is 0 Å². The first-order valence-corrected chi connectivity index (χ1v) is 12.5. The molecule has 3 rings (SSSR count). The molecule has 2 bridgehead atoms. The summed E-state index contributed by atoms with van der Waals surface area (Å²) in [5.74, 6) is 1.14. The molecule has 3 fully saturated rings. The van der Waals surface area contributed by atoms with Crippen LogP contribution < -0.4 is 0 Å². The third-order valence-corrected chi connectivity index (χ3v) is 7.43. The largest absolute Gasteiger partial charge is 0.360 e. The second-order valence-electron chi connectivity index (χ2n) is 8.95. The van der Waals surface area contributed by atoms with E-state index in [-0.39, 0.29) is 17.8 Å². The molecule has 2 aliphatic heterocycles. The first-order valence-electron chi connectivity index (χ1n) is 11.7. The van der Waals surface area contributed by atoms with Gasteiger partial charge in [0.05, 0.1) is 6.10 Å². The van der Waals surface area contributed by atoms with E-state index in [9.17, 15) is 4.79 Å². The van der Waals surface area contributed by atoms with E-state index in [0.29, 0.717) is 30.8 Å². The van der Waals surface area contributed by atoms with Gasteiger partial charge in [-0.15, -0.1) is 0 Å². The smallest absolute Gasteiger partial charge is 0.204 e. The summed E-state index contributed by atoms with van der Waals surface area (Å²) in [4.78, 5) is 13.1. The van der Waals surface area contributed by atoms with Crippen LogP contribution >= 0.6 is 23.2 Å². The molecule has 1 aliphatic carbocycles. The van der Waals surface area contributed by atoms with Crippen molar-refractivity contribution in [2.45, 2.75) is 114 Å². The second-order valence-corrected chi connectivity index (χ2v) is 10.4. The fourth-order valence-corrected chi connectivity index (χ4v) is 5.52. The SMILES string of the molecule is [CH2]CCC(Cl)(Cl)C(=O)[C]1OC2CC(CCCCCC)C1CC2CCCCCC. The predicted octanol–water partition coefficient (Wildman–Crippen LogP) is 7.86. The lowest BCUT2D eigenvalue weighted by molar-refractivity contribution is -0.153. The van der Waals surface area contributed by atoms with Gasteiger partial charge in [-0.1, -0.05) is 95.3 Å². The molecular formula is C24H40Cl2O2. The maximum Gasteiger partial charge on any atom is 0.204 e. The molecule has 2 saturated heterocycles. The fourth-order valence-electron chi connectivity index (χ4n) is 5.07. The van der Waals surface area contributed by atoms with Gasteiger partial charge >= 0.3 is 0 Å². The number of hydrogen-bond acceptors (Lipinski definition) is 2. The van der Waals surface area contributed by atoms with Gasteiger partial charge < -0.3 is 4.74 Å². The van der Waals surface area contributed by atoms with Gasteiger partial charge in [0.1, 0.15) is 0 Å². The van der Waals surface area contributed by atoms with Crippen LogP contribution in [-0.4, -0.2) is 16.2 Å². The lowest BCUT2D eigenvalue weighted by Crippen LogP contribution is -2.52. The van der Waals surface area contributed by atoms with Crippen LogP contribution in [0, 0.1) is 30.8 Å². The van der Waals surface area contributed by atoms with E-state index in [1.54, 1.807) is 0 Å². The Morgan fingerprint density at radius 1 is 1.00 bits per heavy atom. The number of unbranched alkanes of at least 4 members (excludes halogenated alkanes) is 6. The molecule has 2 nitrogen and oxygen atoms in total. The van der Waals surface area contributed by atoms with Crippen molar-refractivity contribution in [3.05, 3.63) is 13.0 Å². The number of fused-ring (bicyclic) bond motifs is 3. The average Bonchev–Trinajstić information content (AvgIpc) is 2.68. The van der Waals surface area contributed by atoms with E-state index in [1.165, 1.54) is 64.2 Å². The number of halogens is 2. The highest BCUT2D eigenvalue weighted by molar-refractivity contribution is 6.59. The Morgan fingerprint density at radius 2 is 1.61 bits per heavy atom. The van der Waals surface area contributed by atoms with Crippen LogP contribution in [0.1, 0.15) is 104 Å². The maximum absolute atomic E-state index is 13.1. The molecule has 0 aromatic heterocycles. The predicted molar refractivity (Wildman–Crippen MR) is 119 cm³/mol. The van der Waals surface area contributed by atoms with Crippen LogP contribution in [-0.2, 0) is 9.53 Å². The van der Waals surface area contributed by atoms with E-state index in [1.807, 2.05) is 0 Å². The molecule has 2 radical (unpaired) electrons. The van der Waals surface area contributed by atoms with Crippen LogP contribution in [0.5, 0.6) is 0 Å². The molecule has 0 aromatic rings. The quantitative estimate of drug-likeness (QED) is 0.207. The number of ether oxygens (including phenoxy) is 1. The van der Waals surface area contributed by atoms with Crippen LogP contribution in [0.3, 0.4) is 0 Å². The minimum Gasteiger partial charge on any atom is -0.360 e. The Hall–Kier alpha value is 0.210. The molecule has 1 saturated carbocycles. The molecular weight excluding hydrogens is 391 g/mol. The Kier molecular flexibility index (Phi) is 10.6. The lowest BCUT2D eigenvalue weighted by atomic mass is 9.64. The molecule has 0 aromatic carbocycles. The molecule has 4 atom stereocenters. The Morgan fingerprint density at radius 3 is 2.14 bits per heavy atom. The van der Waals surface area contributed by atoms with Crippen LogP contribution in [0.25, 0.3) is 0 Å². The maximum atomic E-state index is 13.1. The molecule has 28 heavy (non-hydrogen) atoms. The summed E-state index contributed by atoms with van der Waals surface area (Å²) in [5.41, 5.74) is 0. The summed E-state index contributed by atoms with van der Waals surface area (Å²) in [5, 5.41) is 0. The summed E-state index contributed by atoms with van der Waals surface area (Å²) in [7, 11) is 0. The molecule has 0 amide bonds. The zero-order chi connectivity index (χ0) is 20.6. The van der Waals surface area contributed by atoms with Gasteiger partial charge in [-0.2, -0.15) is 0 Å². The lowest BCUT2D eigenvalue weighted by Gasteiger charge is -2.51.